The molecule has 166 valence electrons. The summed E-state index contributed by atoms with van der Waals surface area (Å²) >= 11 is 1.40. The van der Waals surface area contributed by atoms with Crippen LogP contribution >= 0.6 is 11.3 Å². The molecule has 0 aliphatic carbocycles. The Morgan fingerprint density at radius 1 is 1.06 bits per heavy atom. The molecule has 5 rings (SSSR count). The molecule has 3 aromatic heterocycles. The van der Waals surface area contributed by atoms with E-state index in [4.69, 9.17) is 4.74 Å². The van der Waals surface area contributed by atoms with Crippen LogP contribution in [0.2, 0.25) is 0 Å². The van der Waals surface area contributed by atoms with Crippen LogP contribution in [0, 0.1) is 32.1 Å². The minimum Gasteiger partial charge on any atom is -0.438 e. The number of fused-ring (bicyclic) bond motifs is 2. The molecule has 2 aromatic carbocycles. The summed E-state index contributed by atoms with van der Waals surface area (Å²) in [7, 11) is 0. The second-order valence-electron chi connectivity index (χ2n) is 8.10. The number of pyridine rings is 1. The van der Waals surface area contributed by atoms with Gasteiger partial charge in [0.15, 0.2) is 0 Å². The summed E-state index contributed by atoms with van der Waals surface area (Å²) in [6, 6.07) is 19.4. The van der Waals surface area contributed by atoms with Gasteiger partial charge in [0.1, 0.15) is 28.0 Å². The van der Waals surface area contributed by atoms with Gasteiger partial charge in [0.2, 0.25) is 5.88 Å². The first-order chi connectivity index (χ1) is 16.4. The van der Waals surface area contributed by atoms with E-state index in [2.05, 4.69) is 16.0 Å². The number of hydrogen-bond acceptors (Lipinski definition) is 6. The Morgan fingerprint density at radius 2 is 1.82 bits per heavy atom. The molecule has 7 heteroatoms. The molecule has 0 saturated carbocycles. The highest BCUT2D eigenvalue weighted by Crippen LogP contribution is 2.31. The van der Waals surface area contributed by atoms with E-state index in [1.807, 2.05) is 69.3 Å². The van der Waals surface area contributed by atoms with Crippen LogP contribution in [0.3, 0.4) is 0 Å². The lowest BCUT2D eigenvalue weighted by atomic mass is 10.1. The van der Waals surface area contributed by atoms with Crippen molar-refractivity contribution in [3.8, 4) is 17.7 Å². The third-order valence-electron chi connectivity index (χ3n) is 5.39. The highest BCUT2D eigenvalue weighted by molar-refractivity contribution is 7.19. The lowest BCUT2D eigenvalue weighted by molar-refractivity contribution is 0.460. The Balaban J connectivity index is 1.74. The van der Waals surface area contributed by atoms with E-state index < -0.39 is 0 Å². The van der Waals surface area contributed by atoms with E-state index >= 15 is 0 Å². The number of ether oxygens (including phenoxy) is 1. The van der Waals surface area contributed by atoms with Crippen molar-refractivity contribution in [2.24, 2.45) is 0 Å². The number of hydrogen-bond donors (Lipinski definition) is 0. The molecule has 0 bridgehead atoms. The first-order valence-corrected chi connectivity index (χ1v) is 11.5. The molecule has 0 atom stereocenters. The highest BCUT2D eigenvalue weighted by Gasteiger charge is 2.18. The molecule has 0 N–H and O–H groups in total. The molecule has 0 radical (unpaired) electrons. The molecule has 0 amide bonds. The normalized spacial score (nSPS) is 11.6. The van der Waals surface area contributed by atoms with E-state index in [1.54, 1.807) is 12.3 Å². The SMILES string of the molecule is Cc1cc(C)cc(Oc2nc3c(C)cccn3c(=O)c2C=C(C#N)c2nc3ccccc3s2)c1. The van der Waals surface area contributed by atoms with Crippen molar-refractivity contribution in [1.29, 1.82) is 5.26 Å². The number of rotatable bonds is 4. The number of nitrogens with zero attached hydrogens (tertiary/aromatic N) is 4. The maximum Gasteiger partial charge on any atom is 0.269 e. The predicted octanol–water partition coefficient (Wildman–Crippen LogP) is 6.09. The summed E-state index contributed by atoms with van der Waals surface area (Å²) in [6.07, 6.45) is 3.19. The zero-order valence-electron chi connectivity index (χ0n) is 18.9. The van der Waals surface area contributed by atoms with Gasteiger partial charge >= 0.3 is 0 Å². The summed E-state index contributed by atoms with van der Waals surface area (Å²) in [5, 5.41) is 10.5. The molecule has 0 aliphatic heterocycles. The average molecular weight is 465 g/mol. The predicted molar refractivity (Wildman–Crippen MR) is 135 cm³/mol. The van der Waals surface area contributed by atoms with E-state index in [9.17, 15) is 10.1 Å². The van der Waals surface area contributed by atoms with Crippen LogP contribution < -0.4 is 10.3 Å². The van der Waals surface area contributed by atoms with Gasteiger partial charge in [-0.25, -0.2) is 4.98 Å². The molecule has 5 aromatic rings. The lowest BCUT2D eigenvalue weighted by Crippen LogP contribution is -2.19. The highest BCUT2D eigenvalue weighted by atomic mass is 32.1. The molecule has 0 unspecified atom stereocenters. The molecule has 0 saturated heterocycles. The van der Waals surface area contributed by atoms with Crippen molar-refractivity contribution < 1.29 is 4.74 Å². The number of benzene rings is 2. The largest absolute Gasteiger partial charge is 0.438 e. The summed E-state index contributed by atoms with van der Waals surface area (Å²) < 4.78 is 8.60. The van der Waals surface area contributed by atoms with E-state index in [0.29, 0.717) is 16.4 Å². The van der Waals surface area contributed by atoms with Crippen molar-refractivity contribution in [2.45, 2.75) is 20.8 Å². The zero-order chi connectivity index (χ0) is 23.8. The van der Waals surface area contributed by atoms with Crippen LogP contribution in [0.15, 0.2) is 65.6 Å². The van der Waals surface area contributed by atoms with Crippen LogP contribution in [0.1, 0.15) is 27.3 Å². The van der Waals surface area contributed by atoms with Gasteiger partial charge in [-0.05, 0) is 73.9 Å². The van der Waals surface area contributed by atoms with Crippen molar-refractivity contribution in [3.63, 3.8) is 0 Å². The molecule has 3 heterocycles. The van der Waals surface area contributed by atoms with Gasteiger partial charge in [-0.3, -0.25) is 9.20 Å². The number of thiazole rings is 1. The van der Waals surface area contributed by atoms with Crippen molar-refractivity contribution in [1.82, 2.24) is 14.4 Å². The fourth-order valence-electron chi connectivity index (χ4n) is 3.87. The Morgan fingerprint density at radius 3 is 2.56 bits per heavy atom. The van der Waals surface area contributed by atoms with Crippen molar-refractivity contribution in [3.05, 3.63) is 98.4 Å². The van der Waals surface area contributed by atoms with Crippen LogP contribution in [-0.4, -0.2) is 14.4 Å². The quantitative estimate of drug-likeness (QED) is 0.301. The number of nitriles is 1. The Kier molecular flexibility index (Phi) is 5.44. The van der Waals surface area contributed by atoms with Gasteiger partial charge < -0.3 is 4.74 Å². The number of para-hydroxylation sites is 1. The molecule has 34 heavy (non-hydrogen) atoms. The van der Waals surface area contributed by atoms with Gasteiger partial charge in [-0.15, -0.1) is 11.3 Å². The molecule has 0 spiro atoms. The molecule has 6 nitrogen and oxygen atoms in total. The van der Waals surface area contributed by atoms with Crippen LogP contribution in [0.5, 0.6) is 11.6 Å². The standard InChI is InChI=1S/C27H20N4O2S/c1-16-11-17(2)13-20(12-16)33-25-21(27(32)31-10-6-7-18(3)24(31)30-25)14-19(15-28)26-29-22-8-4-5-9-23(22)34-26/h4-14H,1-3H3. The van der Waals surface area contributed by atoms with Gasteiger partial charge in [-0.1, -0.05) is 24.3 Å². The van der Waals surface area contributed by atoms with Gasteiger partial charge in [0.05, 0.1) is 15.8 Å². The average Bonchev–Trinajstić information content (AvgIpc) is 3.23. The summed E-state index contributed by atoms with van der Waals surface area (Å²) in [5.74, 6) is 0.730. The zero-order valence-corrected chi connectivity index (χ0v) is 19.7. The number of allylic oxidation sites excluding steroid dienone is 1. The fourth-order valence-corrected chi connectivity index (χ4v) is 4.80. The first kappa shape index (κ1) is 21.6. The smallest absolute Gasteiger partial charge is 0.269 e. The summed E-state index contributed by atoms with van der Waals surface area (Å²) in [6.45, 7) is 5.85. The number of aryl methyl sites for hydroxylation is 3. The topological polar surface area (TPSA) is 80.3 Å². The monoisotopic (exact) mass is 464 g/mol. The Labute approximate surface area is 200 Å². The number of aromatic nitrogens is 3. The van der Waals surface area contributed by atoms with Crippen LogP contribution in [0.4, 0.5) is 0 Å². The van der Waals surface area contributed by atoms with E-state index in [1.165, 1.54) is 21.8 Å². The second-order valence-corrected chi connectivity index (χ2v) is 9.13. The van der Waals surface area contributed by atoms with Crippen molar-refractivity contribution in [2.75, 3.05) is 0 Å². The molecule has 0 aliphatic rings. The fraction of sp³-hybridized carbons (Fsp3) is 0.111. The van der Waals surface area contributed by atoms with Gasteiger partial charge in [0, 0.05) is 6.20 Å². The third-order valence-corrected chi connectivity index (χ3v) is 6.46. The maximum atomic E-state index is 13.6. The van der Waals surface area contributed by atoms with E-state index in [-0.39, 0.29) is 22.6 Å². The molecular weight excluding hydrogens is 444 g/mol. The molecule has 0 fully saturated rings. The Hall–Kier alpha value is -4.28. The van der Waals surface area contributed by atoms with Crippen LogP contribution in [-0.2, 0) is 0 Å². The van der Waals surface area contributed by atoms with Crippen LogP contribution in [0.25, 0.3) is 27.5 Å². The minimum atomic E-state index is -0.318. The molecular formula is C27H20N4O2S. The summed E-state index contributed by atoms with van der Waals surface area (Å²) in [5.41, 5.74) is 4.37. The lowest BCUT2D eigenvalue weighted by Gasteiger charge is -2.12. The minimum absolute atomic E-state index is 0.151. The van der Waals surface area contributed by atoms with Crippen molar-refractivity contribution >= 4 is 38.8 Å². The summed E-state index contributed by atoms with van der Waals surface area (Å²) in [4.78, 5) is 22.8. The van der Waals surface area contributed by atoms with Gasteiger partial charge in [0.25, 0.3) is 5.56 Å². The van der Waals surface area contributed by atoms with E-state index in [0.717, 1.165) is 26.9 Å². The first-order valence-electron chi connectivity index (χ1n) is 10.7. The Bertz CT molecular complexity index is 1650. The second kappa shape index (κ2) is 8.58. The maximum absolute atomic E-state index is 13.6. The third kappa shape index (κ3) is 3.96. The van der Waals surface area contributed by atoms with Gasteiger partial charge in [-0.2, -0.15) is 10.2 Å².